The number of hydrogen-bond donors (Lipinski definition) is 2. The lowest BCUT2D eigenvalue weighted by molar-refractivity contribution is -0.110. The number of anilines is 1. The molecule has 5 rings (SSSR count). The Balaban J connectivity index is 1.40. The summed E-state index contributed by atoms with van der Waals surface area (Å²) in [6.07, 6.45) is 1.72. The molecular formula is C23H26N4O4. The van der Waals surface area contributed by atoms with E-state index >= 15 is 0 Å². The molecule has 4 heterocycles. The van der Waals surface area contributed by atoms with Crippen molar-refractivity contribution in [1.29, 1.82) is 0 Å². The summed E-state index contributed by atoms with van der Waals surface area (Å²) in [6, 6.07) is 7.96. The van der Waals surface area contributed by atoms with Gasteiger partial charge in [0.1, 0.15) is 6.61 Å². The first-order valence-corrected chi connectivity index (χ1v) is 10.6. The predicted molar refractivity (Wildman–Crippen MR) is 116 cm³/mol. The number of amides is 2. The van der Waals surface area contributed by atoms with Crippen molar-refractivity contribution in [2.45, 2.75) is 20.0 Å². The number of H-pyrrole nitrogens is 1. The molecule has 0 spiro atoms. The van der Waals surface area contributed by atoms with Gasteiger partial charge in [0.25, 0.3) is 5.91 Å². The number of morpholine rings is 1. The number of carbonyl (C=O) groups is 2. The van der Waals surface area contributed by atoms with Gasteiger partial charge in [0.05, 0.1) is 25.3 Å². The number of hydrogen-bond acceptors (Lipinski definition) is 5. The fraction of sp³-hybridized carbons (Fsp3) is 0.391. The molecular weight excluding hydrogens is 396 g/mol. The topological polar surface area (TPSA) is 86.9 Å². The summed E-state index contributed by atoms with van der Waals surface area (Å²) in [5.74, 6) is -0.102. The molecule has 0 bridgehead atoms. The molecule has 0 aliphatic carbocycles. The molecule has 2 fully saturated rings. The van der Waals surface area contributed by atoms with Crippen LogP contribution in [0.15, 0.2) is 30.5 Å². The van der Waals surface area contributed by atoms with Gasteiger partial charge in [-0.15, -0.1) is 0 Å². The number of benzene rings is 1. The van der Waals surface area contributed by atoms with Crippen molar-refractivity contribution in [1.82, 2.24) is 14.8 Å². The van der Waals surface area contributed by atoms with Gasteiger partial charge in [0.15, 0.2) is 0 Å². The number of cyclic esters (lactones) is 1. The fourth-order valence-electron chi connectivity index (χ4n) is 4.37. The number of aromatic nitrogens is 1. The van der Waals surface area contributed by atoms with Crippen LogP contribution < -0.4 is 5.32 Å². The molecule has 2 saturated heterocycles. The van der Waals surface area contributed by atoms with Crippen LogP contribution in [-0.4, -0.2) is 66.2 Å². The van der Waals surface area contributed by atoms with E-state index in [4.69, 9.17) is 9.47 Å². The molecule has 8 nitrogen and oxygen atoms in total. The van der Waals surface area contributed by atoms with Crippen LogP contribution in [0.25, 0.3) is 11.1 Å². The van der Waals surface area contributed by atoms with Gasteiger partial charge in [-0.2, -0.15) is 0 Å². The normalized spacial score (nSPS) is 20.6. The highest BCUT2D eigenvalue weighted by molar-refractivity contribution is 6.36. The summed E-state index contributed by atoms with van der Waals surface area (Å²) in [5.41, 5.74) is 6.34. The van der Waals surface area contributed by atoms with Gasteiger partial charge in [-0.05, 0) is 41.8 Å². The summed E-state index contributed by atoms with van der Waals surface area (Å²) in [4.78, 5) is 31.9. The number of fused-ring (bicyclic) bond motifs is 1. The Hall–Kier alpha value is -3.10. The lowest BCUT2D eigenvalue weighted by Crippen LogP contribution is -2.35. The molecule has 162 valence electrons. The SMILES string of the molecule is CC(=C1C(=O)Nc2ccc(CN3CCOC3=O)cc21)c1cc(CN2CCOCC2)c[nH]1. The number of nitrogens with zero attached hydrogens (tertiary/aromatic N) is 2. The minimum Gasteiger partial charge on any atom is -0.448 e. The van der Waals surface area contributed by atoms with E-state index in [-0.39, 0.29) is 12.0 Å². The third kappa shape index (κ3) is 3.96. The van der Waals surface area contributed by atoms with Crippen LogP contribution in [0.2, 0.25) is 0 Å². The Kier molecular flexibility index (Phi) is 5.25. The molecule has 31 heavy (non-hydrogen) atoms. The molecule has 3 aliphatic heterocycles. The average Bonchev–Trinajstić information content (AvgIpc) is 3.47. The van der Waals surface area contributed by atoms with Gasteiger partial charge >= 0.3 is 6.09 Å². The van der Waals surface area contributed by atoms with E-state index in [0.29, 0.717) is 25.3 Å². The van der Waals surface area contributed by atoms with Gasteiger partial charge in [-0.1, -0.05) is 6.07 Å². The highest BCUT2D eigenvalue weighted by Gasteiger charge is 2.28. The van der Waals surface area contributed by atoms with Crippen molar-refractivity contribution in [2.24, 2.45) is 0 Å². The maximum absolute atomic E-state index is 12.8. The summed E-state index contributed by atoms with van der Waals surface area (Å²) in [5, 5.41) is 2.96. The summed E-state index contributed by atoms with van der Waals surface area (Å²) >= 11 is 0. The van der Waals surface area contributed by atoms with Crippen LogP contribution in [-0.2, 0) is 27.4 Å². The van der Waals surface area contributed by atoms with Crippen molar-refractivity contribution < 1.29 is 19.1 Å². The highest BCUT2D eigenvalue weighted by Crippen LogP contribution is 2.37. The zero-order valence-electron chi connectivity index (χ0n) is 17.6. The molecule has 8 heteroatoms. The van der Waals surface area contributed by atoms with E-state index in [2.05, 4.69) is 21.3 Å². The molecule has 2 amide bonds. The summed E-state index contributed by atoms with van der Waals surface area (Å²) in [6.45, 7) is 7.73. The van der Waals surface area contributed by atoms with E-state index in [1.165, 1.54) is 5.56 Å². The lowest BCUT2D eigenvalue weighted by atomic mass is 9.98. The Morgan fingerprint density at radius 2 is 1.87 bits per heavy atom. The molecule has 0 atom stereocenters. The summed E-state index contributed by atoms with van der Waals surface area (Å²) in [7, 11) is 0. The van der Waals surface area contributed by atoms with Crippen LogP contribution >= 0.6 is 0 Å². The zero-order chi connectivity index (χ0) is 21.4. The van der Waals surface area contributed by atoms with Crippen LogP contribution in [0.3, 0.4) is 0 Å². The van der Waals surface area contributed by atoms with Gasteiger partial charge in [0.2, 0.25) is 0 Å². The van der Waals surface area contributed by atoms with E-state index in [1.54, 1.807) is 4.90 Å². The lowest BCUT2D eigenvalue weighted by Gasteiger charge is -2.25. The van der Waals surface area contributed by atoms with Crippen LogP contribution in [0.5, 0.6) is 0 Å². The Bertz CT molecular complexity index is 1050. The van der Waals surface area contributed by atoms with Crippen LogP contribution in [0.1, 0.15) is 29.3 Å². The second kappa shape index (κ2) is 8.20. The van der Waals surface area contributed by atoms with Crippen molar-refractivity contribution in [3.63, 3.8) is 0 Å². The minimum atomic E-state index is -0.291. The van der Waals surface area contributed by atoms with Crippen LogP contribution in [0, 0.1) is 0 Å². The van der Waals surface area contributed by atoms with Gasteiger partial charge in [0, 0.05) is 49.3 Å². The second-order valence-corrected chi connectivity index (χ2v) is 8.18. The number of rotatable bonds is 5. The molecule has 0 unspecified atom stereocenters. The second-order valence-electron chi connectivity index (χ2n) is 8.18. The monoisotopic (exact) mass is 422 g/mol. The minimum absolute atomic E-state index is 0.102. The largest absolute Gasteiger partial charge is 0.448 e. The van der Waals surface area contributed by atoms with Crippen LogP contribution in [0.4, 0.5) is 10.5 Å². The average molecular weight is 422 g/mol. The molecule has 0 saturated carbocycles. The van der Waals surface area contributed by atoms with Crippen molar-refractivity contribution >= 4 is 28.8 Å². The van der Waals surface area contributed by atoms with E-state index < -0.39 is 0 Å². The third-order valence-electron chi connectivity index (χ3n) is 6.08. The quantitative estimate of drug-likeness (QED) is 0.724. The zero-order valence-corrected chi connectivity index (χ0v) is 17.6. The van der Waals surface area contributed by atoms with Gasteiger partial charge in [-0.25, -0.2) is 4.79 Å². The van der Waals surface area contributed by atoms with Crippen molar-refractivity contribution in [3.05, 3.63) is 52.8 Å². The van der Waals surface area contributed by atoms with Crippen molar-refractivity contribution in [3.8, 4) is 0 Å². The maximum atomic E-state index is 12.8. The molecule has 1 aromatic heterocycles. The standard InChI is InChI=1S/C23H26N4O4/c1-15(20-11-17(12-24-20)13-26-4-7-30-8-5-26)21-18-10-16(2-3-19(18)25-22(21)28)14-27-6-9-31-23(27)29/h2-3,10-12,24H,4-9,13-14H2,1H3,(H,25,28). The Morgan fingerprint density at radius 3 is 2.65 bits per heavy atom. The number of allylic oxidation sites excluding steroid dienone is 1. The summed E-state index contributed by atoms with van der Waals surface area (Å²) < 4.78 is 10.4. The third-order valence-corrected chi connectivity index (χ3v) is 6.08. The molecule has 3 aliphatic rings. The number of ether oxygens (including phenoxy) is 2. The van der Waals surface area contributed by atoms with E-state index in [0.717, 1.165) is 60.9 Å². The van der Waals surface area contributed by atoms with E-state index in [9.17, 15) is 9.59 Å². The smallest absolute Gasteiger partial charge is 0.410 e. The highest BCUT2D eigenvalue weighted by atomic mass is 16.6. The maximum Gasteiger partial charge on any atom is 0.410 e. The molecule has 2 aromatic rings. The van der Waals surface area contributed by atoms with E-state index in [1.807, 2.05) is 31.3 Å². The molecule has 1 aromatic carbocycles. The predicted octanol–water partition coefficient (Wildman–Crippen LogP) is 2.68. The van der Waals surface area contributed by atoms with Gasteiger partial charge < -0.3 is 24.7 Å². The molecule has 0 radical (unpaired) electrons. The number of carbonyl (C=O) groups excluding carboxylic acids is 2. The van der Waals surface area contributed by atoms with Gasteiger partial charge in [-0.3, -0.25) is 9.69 Å². The molecule has 2 N–H and O–H groups in total. The first-order valence-electron chi connectivity index (χ1n) is 10.6. The number of nitrogens with one attached hydrogen (secondary N) is 2. The van der Waals surface area contributed by atoms with Crippen molar-refractivity contribution in [2.75, 3.05) is 44.8 Å². The Labute approximate surface area is 180 Å². The number of aromatic amines is 1. The first-order chi connectivity index (χ1) is 15.1. The fourth-order valence-corrected chi connectivity index (χ4v) is 4.37. The Morgan fingerprint density at radius 1 is 1.03 bits per heavy atom. The first kappa shape index (κ1) is 19.8.